The van der Waals surface area contributed by atoms with Gasteiger partial charge in [-0.3, -0.25) is 10.8 Å². The van der Waals surface area contributed by atoms with Gasteiger partial charge in [0.05, 0.1) is 19.3 Å². The fourth-order valence-electron chi connectivity index (χ4n) is 1.88. The second-order valence-corrected chi connectivity index (χ2v) is 4.96. The molecule has 0 saturated heterocycles. The zero-order valence-corrected chi connectivity index (χ0v) is 12.1. The smallest absolute Gasteiger partial charge is 0.137 e. The van der Waals surface area contributed by atoms with Crippen LogP contribution in [0.1, 0.15) is 17.2 Å². The van der Waals surface area contributed by atoms with Gasteiger partial charge in [-0.15, -0.1) is 0 Å². The van der Waals surface area contributed by atoms with E-state index in [1.165, 1.54) is 31.6 Å². The van der Waals surface area contributed by atoms with Gasteiger partial charge in [-0.2, -0.15) is 0 Å². The molecule has 3 N–H and O–H groups in total. The number of halogens is 3. The first-order valence-corrected chi connectivity index (χ1v) is 6.45. The van der Waals surface area contributed by atoms with E-state index >= 15 is 0 Å². The second kappa shape index (κ2) is 6.25. The number of methoxy groups -OCH3 is 1. The number of hydrazine groups is 1. The Morgan fingerprint density at radius 1 is 1.25 bits per heavy atom. The number of ether oxygens (including phenoxy) is 1. The maximum absolute atomic E-state index is 14.0. The van der Waals surface area contributed by atoms with E-state index in [-0.39, 0.29) is 5.56 Å². The van der Waals surface area contributed by atoms with Crippen molar-refractivity contribution in [3.05, 3.63) is 57.8 Å². The summed E-state index contributed by atoms with van der Waals surface area (Å²) < 4.78 is 33.4. The van der Waals surface area contributed by atoms with E-state index in [0.717, 1.165) is 0 Å². The van der Waals surface area contributed by atoms with Crippen molar-refractivity contribution >= 4 is 15.9 Å². The molecule has 0 spiro atoms. The Kier molecular flexibility index (Phi) is 4.64. The summed E-state index contributed by atoms with van der Waals surface area (Å²) in [4.78, 5) is 3.95. The molecule has 2 rings (SSSR count). The average Bonchev–Trinajstić information content (AvgIpc) is 2.42. The molecule has 0 saturated carbocycles. The van der Waals surface area contributed by atoms with Crippen molar-refractivity contribution < 1.29 is 13.5 Å². The van der Waals surface area contributed by atoms with Gasteiger partial charge in [-0.05, 0) is 23.8 Å². The number of hydrogen-bond acceptors (Lipinski definition) is 4. The molecule has 0 radical (unpaired) electrons. The number of pyridine rings is 1. The minimum Gasteiger partial charge on any atom is -0.495 e. The minimum absolute atomic E-state index is 0.175. The highest BCUT2D eigenvalue weighted by Gasteiger charge is 2.22. The molecule has 1 aromatic heterocycles. The van der Waals surface area contributed by atoms with E-state index in [4.69, 9.17) is 10.6 Å². The third-order valence-electron chi connectivity index (χ3n) is 2.80. The van der Waals surface area contributed by atoms with Gasteiger partial charge in [-0.1, -0.05) is 15.9 Å². The Labute approximate surface area is 123 Å². The maximum atomic E-state index is 14.0. The molecule has 1 aromatic carbocycles. The Balaban J connectivity index is 2.52. The van der Waals surface area contributed by atoms with Gasteiger partial charge in [0, 0.05) is 16.2 Å². The molecule has 7 heteroatoms. The lowest BCUT2D eigenvalue weighted by Crippen LogP contribution is -2.30. The lowest BCUT2D eigenvalue weighted by Gasteiger charge is -2.18. The van der Waals surface area contributed by atoms with Crippen LogP contribution in [0.5, 0.6) is 5.75 Å². The largest absolute Gasteiger partial charge is 0.495 e. The molecular formula is C13H12BrF2N3O. The monoisotopic (exact) mass is 343 g/mol. The Morgan fingerprint density at radius 2 is 1.90 bits per heavy atom. The topological polar surface area (TPSA) is 60.2 Å². The summed E-state index contributed by atoms with van der Waals surface area (Å²) in [6.45, 7) is 0. The number of nitrogens with zero attached hydrogens (tertiary/aromatic N) is 1. The van der Waals surface area contributed by atoms with E-state index in [2.05, 4.69) is 26.3 Å². The van der Waals surface area contributed by atoms with Crippen molar-refractivity contribution in [3.8, 4) is 5.75 Å². The molecule has 106 valence electrons. The molecule has 0 bridgehead atoms. The summed E-state index contributed by atoms with van der Waals surface area (Å²) in [6.07, 6.45) is 2.96. The molecule has 0 aliphatic rings. The molecule has 1 atom stereocenters. The number of nitrogens with one attached hydrogen (secondary N) is 1. The SMILES string of the molecule is COc1cncc(C(NN)c2c(F)cc(Br)cc2F)c1. The van der Waals surface area contributed by atoms with Gasteiger partial charge in [0.1, 0.15) is 17.4 Å². The maximum Gasteiger partial charge on any atom is 0.137 e. The number of aromatic nitrogens is 1. The molecule has 1 heterocycles. The van der Waals surface area contributed by atoms with Crippen LogP contribution in [0.15, 0.2) is 35.1 Å². The van der Waals surface area contributed by atoms with E-state index in [0.29, 0.717) is 15.8 Å². The van der Waals surface area contributed by atoms with Crippen molar-refractivity contribution in [2.75, 3.05) is 7.11 Å². The van der Waals surface area contributed by atoms with Gasteiger partial charge in [-0.25, -0.2) is 14.2 Å². The van der Waals surface area contributed by atoms with Crippen LogP contribution in [-0.2, 0) is 0 Å². The predicted octanol–water partition coefficient (Wildman–Crippen LogP) is 2.68. The zero-order chi connectivity index (χ0) is 14.7. The third-order valence-corrected chi connectivity index (χ3v) is 3.26. The van der Waals surface area contributed by atoms with Crippen molar-refractivity contribution in [3.63, 3.8) is 0 Å². The van der Waals surface area contributed by atoms with Crippen molar-refractivity contribution in [1.29, 1.82) is 0 Å². The molecule has 20 heavy (non-hydrogen) atoms. The first-order valence-electron chi connectivity index (χ1n) is 5.66. The molecule has 2 aromatic rings. The van der Waals surface area contributed by atoms with Gasteiger partial charge in [0.15, 0.2) is 0 Å². The quantitative estimate of drug-likeness (QED) is 0.661. The molecule has 0 fully saturated rings. The van der Waals surface area contributed by atoms with E-state index in [1.807, 2.05) is 0 Å². The highest BCUT2D eigenvalue weighted by molar-refractivity contribution is 9.10. The van der Waals surface area contributed by atoms with Gasteiger partial charge in [0.25, 0.3) is 0 Å². The van der Waals surface area contributed by atoms with E-state index in [1.54, 1.807) is 6.07 Å². The lowest BCUT2D eigenvalue weighted by atomic mass is 9.99. The van der Waals surface area contributed by atoms with E-state index in [9.17, 15) is 8.78 Å². The summed E-state index contributed by atoms with van der Waals surface area (Å²) in [7, 11) is 1.48. The summed E-state index contributed by atoms with van der Waals surface area (Å²) in [5, 5.41) is 0. The first kappa shape index (κ1) is 14.8. The Hall–Kier alpha value is -1.57. The van der Waals surface area contributed by atoms with Crippen molar-refractivity contribution in [1.82, 2.24) is 10.4 Å². The first-order chi connectivity index (χ1) is 9.56. The third kappa shape index (κ3) is 2.95. The highest BCUT2D eigenvalue weighted by Crippen LogP contribution is 2.29. The molecule has 0 aliphatic carbocycles. The highest BCUT2D eigenvalue weighted by atomic mass is 79.9. The molecule has 4 nitrogen and oxygen atoms in total. The summed E-state index contributed by atoms with van der Waals surface area (Å²) in [5.74, 6) is 4.50. The number of rotatable bonds is 4. The zero-order valence-electron chi connectivity index (χ0n) is 10.5. The molecule has 1 unspecified atom stereocenters. The summed E-state index contributed by atoms with van der Waals surface area (Å²) in [6, 6.07) is 3.09. The fourth-order valence-corrected chi connectivity index (χ4v) is 2.28. The Morgan fingerprint density at radius 3 is 2.45 bits per heavy atom. The summed E-state index contributed by atoms with van der Waals surface area (Å²) >= 11 is 3.03. The molecular weight excluding hydrogens is 332 g/mol. The van der Waals surface area contributed by atoms with Crippen LogP contribution < -0.4 is 16.0 Å². The van der Waals surface area contributed by atoms with Gasteiger partial charge < -0.3 is 4.74 Å². The van der Waals surface area contributed by atoms with Crippen LogP contribution >= 0.6 is 15.9 Å². The van der Waals surface area contributed by atoms with Crippen LogP contribution in [0, 0.1) is 11.6 Å². The van der Waals surface area contributed by atoms with Gasteiger partial charge >= 0.3 is 0 Å². The lowest BCUT2D eigenvalue weighted by molar-refractivity contribution is 0.411. The van der Waals surface area contributed by atoms with Crippen molar-refractivity contribution in [2.45, 2.75) is 6.04 Å². The average molecular weight is 344 g/mol. The van der Waals surface area contributed by atoms with Crippen LogP contribution in [0.3, 0.4) is 0 Å². The number of benzene rings is 1. The van der Waals surface area contributed by atoms with Crippen LogP contribution in [0.25, 0.3) is 0 Å². The Bertz CT molecular complexity index is 601. The number of hydrogen-bond donors (Lipinski definition) is 2. The van der Waals surface area contributed by atoms with Crippen LogP contribution in [0.4, 0.5) is 8.78 Å². The van der Waals surface area contributed by atoms with Crippen LogP contribution in [-0.4, -0.2) is 12.1 Å². The van der Waals surface area contributed by atoms with Crippen LogP contribution in [0.2, 0.25) is 0 Å². The number of nitrogens with two attached hydrogens (primary N) is 1. The van der Waals surface area contributed by atoms with E-state index < -0.39 is 17.7 Å². The standard InChI is InChI=1S/C13H12BrF2N3O/c1-20-9-2-7(5-18-6-9)13(19-17)12-10(15)3-8(14)4-11(12)16/h2-6,13,19H,17H2,1H3. The van der Waals surface area contributed by atoms with Gasteiger partial charge in [0.2, 0.25) is 0 Å². The fraction of sp³-hybridized carbons (Fsp3) is 0.154. The second-order valence-electron chi connectivity index (χ2n) is 4.04. The summed E-state index contributed by atoms with van der Waals surface area (Å²) in [5.41, 5.74) is 2.71. The molecule has 0 aliphatic heterocycles. The normalized spacial score (nSPS) is 12.2. The molecule has 0 amide bonds. The van der Waals surface area contributed by atoms with Crippen molar-refractivity contribution in [2.24, 2.45) is 5.84 Å². The minimum atomic E-state index is -0.870. The predicted molar refractivity (Wildman–Crippen MR) is 74.0 cm³/mol.